The highest BCUT2D eigenvalue weighted by Gasteiger charge is 2.01. The summed E-state index contributed by atoms with van der Waals surface area (Å²) >= 11 is 0. The molecule has 0 radical (unpaired) electrons. The molecule has 16 heavy (non-hydrogen) atoms. The van der Waals surface area contributed by atoms with Crippen LogP contribution in [-0.2, 0) is 0 Å². The summed E-state index contributed by atoms with van der Waals surface area (Å²) in [5, 5.41) is 3.25. The van der Waals surface area contributed by atoms with Crippen molar-refractivity contribution >= 4 is 11.6 Å². The highest BCUT2D eigenvalue weighted by atomic mass is 16.1. The number of hydrogen-bond acceptors (Lipinski definition) is 3. The molecule has 0 saturated heterocycles. The van der Waals surface area contributed by atoms with Crippen molar-refractivity contribution in [1.29, 1.82) is 0 Å². The van der Waals surface area contributed by atoms with E-state index in [1.54, 1.807) is 12.3 Å². The molecule has 0 aliphatic carbocycles. The first-order valence-electron chi connectivity index (χ1n) is 5.73. The number of carbonyl (C=O) groups excluding carboxylic acids is 1. The molecule has 1 aromatic rings. The van der Waals surface area contributed by atoms with Gasteiger partial charge in [-0.2, -0.15) is 0 Å². The number of aromatic nitrogens is 1. The van der Waals surface area contributed by atoms with E-state index in [9.17, 15) is 4.79 Å². The van der Waals surface area contributed by atoms with E-state index < -0.39 is 5.91 Å². The number of rotatable bonds is 7. The zero-order chi connectivity index (χ0) is 11.8. The molecule has 0 fully saturated rings. The number of carbonyl (C=O) groups is 1. The molecule has 88 valence electrons. The Hall–Kier alpha value is -1.58. The average molecular weight is 221 g/mol. The third-order valence-corrected chi connectivity index (χ3v) is 2.37. The molecule has 1 rings (SSSR count). The minimum atomic E-state index is -0.491. The van der Waals surface area contributed by atoms with Crippen molar-refractivity contribution in [2.75, 3.05) is 11.9 Å². The van der Waals surface area contributed by atoms with E-state index in [1.165, 1.54) is 19.3 Å². The van der Waals surface area contributed by atoms with Gasteiger partial charge in [-0.25, -0.2) is 0 Å². The van der Waals surface area contributed by atoms with Crippen LogP contribution in [0.2, 0.25) is 0 Å². The van der Waals surface area contributed by atoms with Gasteiger partial charge >= 0.3 is 0 Å². The molecule has 1 amide bonds. The molecule has 0 unspecified atom stereocenters. The Labute approximate surface area is 96.3 Å². The second-order valence-corrected chi connectivity index (χ2v) is 3.78. The van der Waals surface area contributed by atoms with Crippen molar-refractivity contribution in [2.24, 2.45) is 5.73 Å². The fourth-order valence-corrected chi connectivity index (χ4v) is 1.46. The normalized spacial score (nSPS) is 10.1. The van der Waals surface area contributed by atoms with Crippen LogP contribution in [0.15, 0.2) is 18.3 Å². The van der Waals surface area contributed by atoms with E-state index in [4.69, 9.17) is 5.73 Å². The number of anilines is 1. The average Bonchev–Trinajstić information content (AvgIpc) is 2.29. The summed E-state index contributed by atoms with van der Waals surface area (Å²) in [5.41, 5.74) is 6.36. The number of amides is 1. The first-order chi connectivity index (χ1) is 7.74. The van der Waals surface area contributed by atoms with Crippen LogP contribution in [-0.4, -0.2) is 17.4 Å². The summed E-state index contributed by atoms with van der Waals surface area (Å²) in [5.74, 6) is -0.491. The third-order valence-electron chi connectivity index (χ3n) is 2.37. The first kappa shape index (κ1) is 12.5. The van der Waals surface area contributed by atoms with Gasteiger partial charge in [0.2, 0.25) is 0 Å². The van der Waals surface area contributed by atoms with Gasteiger partial charge in [-0.3, -0.25) is 9.78 Å². The van der Waals surface area contributed by atoms with Crippen molar-refractivity contribution in [3.8, 4) is 0 Å². The van der Waals surface area contributed by atoms with Crippen molar-refractivity contribution in [2.45, 2.75) is 32.6 Å². The first-order valence-corrected chi connectivity index (χ1v) is 5.73. The molecule has 4 nitrogen and oxygen atoms in total. The highest BCUT2D eigenvalue weighted by molar-refractivity contribution is 5.91. The highest BCUT2D eigenvalue weighted by Crippen LogP contribution is 2.08. The van der Waals surface area contributed by atoms with Gasteiger partial charge in [0.05, 0.1) is 0 Å². The van der Waals surface area contributed by atoms with Crippen molar-refractivity contribution in [3.63, 3.8) is 0 Å². The van der Waals surface area contributed by atoms with Crippen molar-refractivity contribution < 1.29 is 4.79 Å². The van der Waals surface area contributed by atoms with Gasteiger partial charge in [-0.1, -0.05) is 26.2 Å². The zero-order valence-electron chi connectivity index (χ0n) is 9.70. The van der Waals surface area contributed by atoms with E-state index >= 15 is 0 Å². The quantitative estimate of drug-likeness (QED) is 0.693. The van der Waals surface area contributed by atoms with Gasteiger partial charge in [-0.15, -0.1) is 0 Å². The summed E-state index contributed by atoms with van der Waals surface area (Å²) in [6.07, 6.45) is 6.47. The second-order valence-electron chi connectivity index (χ2n) is 3.78. The Morgan fingerprint density at radius 3 is 2.94 bits per heavy atom. The third kappa shape index (κ3) is 4.29. The van der Waals surface area contributed by atoms with Gasteiger partial charge in [0.25, 0.3) is 5.91 Å². The maximum atomic E-state index is 10.9. The number of hydrogen-bond donors (Lipinski definition) is 2. The Morgan fingerprint density at radius 1 is 1.44 bits per heavy atom. The zero-order valence-corrected chi connectivity index (χ0v) is 9.70. The van der Waals surface area contributed by atoms with E-state index in [-0.39, 0.29) is 0 Å². The lowest BCUT2D eigenvalue weighted by Gasteiger charge is -2.06. The van der Waals surface area contributed by atoms with Crippen LogP contribution in [0.5, 0.6) is 0 Å². The topological polar surface area (TPSA) is 68.0 Å². The Balaban J connectivity index is 2.36. The van der Waals surface area contributed by atoms with Gasteiger partial charge < -0.3 is 11.1 Å². The monoisotopic (exact) mass is 221 g/mol. The standard InChI is InChI=1S/C12H19N3O/c1-2-3-4-5-7-14-10-6-8-15-11(9-10)12(13)16/h6,8-9H,2-5,7H2,1H3,(H2,13,16)(H,14,15). The van der Waals surface area contributed by atoms with Crippen LogP contribution in [0, 0.1) is 0 Å². The molecular formula is C12H19N3O. The summed E-state index contributed by atoms with van der Waals surface area (Å²) in [6, 6.07) is 3.52. The minimum Gasteiger partial charge on any atom is -0.385 e. The summed E-state index contributed by atoms with van der Waals surface area (Å²) in [6.45, 7) is 3.11. The lowest BCUT2D eigenvalue weighted by atomic mass is 10.2. The van der Waals surface area contributed by atoms with Crippen LogP contribution < -0.4 is 11.1 Å². The molecule has 0 saturated carbocycles. The Kier molecular flexibility index (Phi) is 5.32. The van der Waals surface area contributed by atoms with E-state index in [0.717, 1.165) is 18.7 Å². The predicted octanol–water partition coefficient (Wildman–Crippen LogP) is 2.17. The Morgan fingerprint density at radius 2 is 2.25 bits per heavy atom. The van der Waals surface area contributed by atoms with Gasteiger partial charge in [0, 0.05) is 18.4 Å². The largest absolute Gasteiger partial charge is 0.385 e. The molecule has 1 heterocycles. The maximum Gasteiger partial charge on any atom is 0.267 e. The van der Waals surface area contributed by atoms with Gasteiger partial charge in [0.15, 0.2) is 0 Å². The molecule has 0 atom stereocenters. The Bertz CT molecular complexity index is 339. The lowest BCUT2D eigenvalue weighted by Crippen LogP contribution is -2.13. The summed E-state index contributed by atoms with van der Waals surface area (Å²) in [4.78, 5) is 14.8. The van der Waals surface area contributed by atoms with Crippen LogP contribution in [0.25, 0.3) is 0 Å². The molecule has 4 heteroatoms. The number of unbranched alkanes of at least 4 members (excludes halogenated alkanes) is 3. The van der Waals surface area contributed by atoms with E-state index in [1.807, 2.05) is 6.07 Å². The maximum absolute atomic E-state index is 10.9. The second kappa shape index (κ2) is 6.82. The summed E-state index contributed by atoms with van der Waals surface area (Å²) < 4.78 is 0. The molecule has 0 spiro atoms. The van der Waals surface area contributed by atoms with Crippen LogP contribution in [0.3, 0.4) is 0 Å². The van der Waals surface area contributed by atoms with E-state index in [2.05, 4.69) is 17.2 Å². The summed E-state index contributed by atoms with van der Waals surface area (Å²) in [7, 11) is 0. The van der Waals surface area contributed by atoms with Gasteiger partial charge in [-0.05, 0) is 18.6 Å². The lowest BCUT2D eigenvalue weighted by molar-refractivity contribution is 0.0995. The predicted molar refractivity (Wildman–Crippen MR) is 65.4 cm³/mol. The SMILES string of the molecule is CCCCCCNc1ccnc(C(N)=O)c1. The molecule has 0 aromatic carbocycles. The van der Waals surface area contributed by atoms with Crippen LogP contribution in [0.1, 0.15) is 43.1 Å². The molecule has 0 aliphatic rings. The van der Waals surface area contributed by atoms with Crippen molar-refractivity contribution in [1.82, 2.24) is 4.98 Å². The van der Waals surface area contributed by atoms with E-state index in [0.29, 0.717) is 5.69 Å². The molecular weight excluding hydrogens is 202 g/mol. The fourth-order valence-electron chi connectivity index (χ4n) is 1.46. The number of nitrogens with zero attached hydrogens (tertiary/aromatic N) is 1. The van der Waals surface area contributed by atoms with Crippen molar-refractivity contribution in [3.05, 3.63) is 24.0 Å². The molecule has 3 N–H and O–H groups in total. The van der Waals surface area contributed by atoms with Crippen LogP contribution in [0.4, 0.5) is 5.69 Å². The van der Waals surface area contributed by atoms with Gasteiger partial charge in [0.1, 0.15) is 5.69 Å². The molecule has 1 aromatic heterocycles. The van der Waals surface area contributed by atoms with Crippen LogP contribution >= 0.6 is 0 Å². The molecule has 0 aliphatic heterocycles. The number of primary amides is 1. The minimum absolute atomic E-state index is 0.304. The number of nitrogens with two attached hydrogens (primary N) is 1. The smallest absolute Gasteiger partial charge is 0.267 e. The number of nitrogens with one attached hydrogen (secondary N) is 1. The molecule has 0 bridgehead atoms. The fraction of sp³-hybridized carbons (Fsp3) is 0.500. The number of pyridine rings is 1.